The minimum absolute atomic E-state index is 0.00472. The van der Waals surface area contributed by atoms with Gasteiger partial charge in [0.25, 0.3) is 0 Å². The summed E-state index contributed by atoms with van der Waals surface area (Å²) in [6.45, 7) is 3.58. The van der Waals surface area contributed by atoms with E-state index in [4.69, 9.17) is 15.3 Å². The molecule has 0 spiro atoms. The molecule has 0 aliphatic carbocycles. The van der Waals surface area contributed by atoms with Crippen molar-refractivity contribution in [1.29, 1.82) is 10.5 Å². The molecule has 0 amide bonds. The molecule has 0 radical (unpaired) electrons. The Labute approximate surface area is 71.9 Å². The van der Waals surface area contributed by atoms with Crippen LogP contribution in [0, 0.1) is 22.7 Å². The van der Waals surface area contributed by atoms with Gasteiger partial charge in [-0.3, -0.25) is 0 Å². The lowest BCUT2D eigenvalue weighted by Gasteiger charge is -2.08. The summed E-state index contributed by atoms with van der Waals surface area (Å²) in [5, 5.41) is 16.9. The van der Waals surface area contributed by atoms with E-state index < -0.39 is 0 Å². The highest BCUT2D eigenvalue weighted by molar-refractivity contribution is 5.22. The lowest BCUT2D eigenvalue weighted by molar-refractivity contribution is 0.0706. The summed E-state index contributed by atoms with van der Waals surface area (Å²) in [7, 11) is 0. The number of hydrogen-bond acceptors (Lipinski definition) is 3. The van der Waals surface area contributed by atoms with Gasteiger partial charge in [-0.15, -0.1) is 0 Å². The largest absolute Gasteiger partial charge is 0.369 e. The first-order chi connectivity index (χ1) is 5.77. The number of rotatable bonds is 2. The molecule has 0 bridgehead atoms. The zero-order valence-electron chi connectivity index (χ0n) is 6.79. The lowest BCUT2D eigenvalue weighted by Crippen LogP contribution is -2.11. The molecule has 1 saturated heterocycles. The molecule has 0 saturated carbocycles. The highest BCUT2D eigenvalue weighted by Gasteiger charge is 2.26. The molecule has 2 unspecified atom stereocenters. The molecule has 1 heterocycles. The molecular formula is C9H10N2O. The van der Waals surface area contributed by atoms with Crippen molar-refractivity contribution < 1.29 is 4.74 Å². The first kappa shape index (κ1) is 8.77. The zero-order valence-corrected chi connectivity index (χ0v) is 6.79. The van der Waals surface area contributed by atoms with Crippen molar-refractivity contribution in [2.45, 2.75) is 31.5 Å². The third kappa shape index (κ3) is 1.84. The Morgan fingerprint density at radius 2 is 2.25 bits per heavy atom. The summed E-state index contributed by atoms with van der Waals surface area (Å²) in [6, 6.07) is 4.02. The standard InChI is InChI=1S/C9H10N2O/c1-7(6-11)9-3-2-8(12-9)4-5-10/h8-9H,1-4H2. The predicted octanol–water partition coefficient (Wildman–Crippen LogP) is 1.53. The second-order valence-electron chi connectivity index (χ2n) is 2.82. The quantitative estimate of drug-likeness (QED) is 0.578. The summed E-state index contributed by atoms with van der Waals surface area (Å²) >= 11 is 0. The van der Waals surface area contributed by atoms with E-state index in [9.17, 15) is 0 Å². The summed E-state index contributed by atoms with van der Waals surface area (Å²) in [5.74, 6) is 0. The molecule has 1 aliphatic rings. The molecule has 0 aromatic heterocycles. The van der Waals surface area contributed by atoms with Gasteiger partial charge in [-0.25, -0.2) is 0 Å². The lowest BCUT2D eigenvalue weighted by atomic mass is 10.1. The van der Waals surface area contributed by atoms with Crippen LogP contribution in [0.1, 0.15) is 19.3 Å². The van der Waals surface area contributed by atoms with Crippen LogP contribution in [0.15, 0.2) is 12.2 Å². The molecule has 12 heavy (non-hydrogen) atoms. The second kappa shape index (κ2) is 3.90. The molecular weight excluding hydrogens is 152 g/mol. The van der Waals surface area contributed by atoms with Crippen molar-refractivity contribution in [3.8, 4) is 12.1 Å². The second-order valence-corrected chi connectivity index (χ2v) is 2.82. The summed E-state index contributed by atoms with van der Waals surface area (Å²) in [5.41, 5.74) is 0.468. The number of nitrogens with zero attached hydrogens (tertiary/aromatic N) is 2. The van der Waals surface area contributed by atoms with Gasteiger partial charge in [0.15, 0.2) is 0 Å². The van der Waals surface area contributed by atoms with Gasteiger partial charge in [0.1, 0.15) is 0 Å². The van der Waals surface area contributed by atoms with Crippen molar-refractivity contribution in [2.24, 2.45) is 0 Å². The fourth-order valence-corrected chi connectivity index (χ4v) is 1.29. The van der Waals surface area contributed by atoms with Crippen molar-refractivity contribution >= 4 is 0 Å². The average Bonchev–Trinajstić information content (AvgIpc) is 2.52. The van der Waals surface area contributed by atoms with Gasteiger partial charge in [0.2, 0.25) is 0 Å². The normalized spacial score (nSPS) is 27.5. The van der Waals surface area contributed by atoms with Gasteiger partial charge in [-0.1, -0.05) is 6.58 Å². The number of ether oxygens (including phenoxy) is 1. The smallest absolute Gasteiger partial charge is 0.0968 e. The van der Waals surface area contributed by atoms with Crippen LogP contribution in [0.25, 0.3) is 0 Å². The minimum atomic E-state index is -0.145. The van der Waals surface area contributed by atoms with Crippen LogP contribution < -0.4 is 0 Å². The average molecular weight is 162 g/mol. The van der Waals surface area contributed by atoms with Gasteiger partial charge < -0.3 is 4.74 Å². The fraction of sp³-hybridized carbons (Fsp3) is 0.556. The summed E-state index contributed by atoms with van der Waals surface area (Å²) in [4.78, 5) is 0. The third-order valence-electron chi connectivity index (χ3n) is 1.96. The van der Waals surface area contributed by atoms with Gasteiger partial charge in [-0.2, -0.15) is 10.5 Å². The monoisotopic (exact) mass is 162 g/mol. The van der Waals surface area contributed by atoms with Gasteiger partial charge in [-0.05, 0) is 12.8 Å². The van der Waals surface area contributed by atoms with E-state index in [1.165, 1.54) is 0 Å². The Balaban J connectivity index is 2.42. The molecule has 1 fully saturated rings. The van der Waals surface area contributed by atoms with E-state index in [0.717, 1.165) is 12.8 Å². The van der Waals surface area contributed by atoms with Crippen LogP contribution in [0.2, 0.25) is 0 Å². The van der Waals surface area contributed by atoms with Crippen molar-refractivity contribution in [1.82, 2.24) is 0 Å². The third-order valence-corrected chi connectivity index (χ3v) is 1.96. The summed E-state index contributed by atoms with van der Waals surface area (Å²) < 4.78 is 5.41. The molecule has 0 N–H and O–H groups in total. The first-order valence-corrected chi connectivity index (χ1v) is 3.89. The fourth-order valence-electron chi connectivity index (χ4n) is 1.29. The first-order valence-electron chi connectivity index (χ1n) is 3.89. The van der Waals surface area contributed by atoms with E-state index in [0.29, 0.717) is 12.0 Å². The maximum atomic E-state index is 8.52. The Kier molecular flexibility index (Phi) is 2.85. The molecule has 0 aromatic carbocycles. The number of nitriles is 2. The molecule has 1 rings (SSSR count). The molecule has 2 atom stereocenters. The Hall–Kier alpha value is -1.32. The maximum absolute atomic E-state index is 8.52. The van der Waals surface area contributed by atoms with E-state index in [1.807, 2.05) is 12.1 Å². The summed E-state index contributed by atoms with van der Waals surface area (Å²) in [6.07, 6.45) is 1.95. The van der Waals surface area contributed by atoms with E-state index >= 15 is 0 Å². The molecule has 3 heteroatoms. The van der Waals surface area contributed by atoms with Crippen LogP contribution in [-0.2, 0) is 4.74 Å². The van der Waals surface area contributed by atoms with Gasteiger partial charge in [0, 0.05) is 0 Å². The number of hydrogen-bond donors (Lipinski definition) is 0. The Bertz CT molecular complexity index is 259. The Morgan fingerprint density at radius 1 is 1.50 bits per heavy atom. The SMILES string of the molecule is C=C(C#N)C1CCC(CC#N)O1. The molecule has 0 aromatic rings. The van der Waals surface area contributed by atoms with Gasteiger partial charge >= 0.3 is 0 Å². The predicted molar refractivity (Wildman–Crippen MR) is 42.9 cm³/mol. The van der Waals surface area contributed by atoms with E-state index in [1.54, 1.807) is 0 Å². The highest BCUT2D eigenvalue weighted by atomic mass is 16.5. The van der Waals surface area contributed by atoms with Crippen LogP contribution in [0.5, 0.6) is 0 Å². The molecule has 3 nitrogen and oxygen atoms in total. The maximum Gasteiger partial charge on any atom is 0.0968 e. The zero-order chi connectivity index (χ0) is 8.97. The van der Waals surface area contributed by atoms with E-state index in [2.05, 4.69) is 6.58 Å². The van der Waals surface area contributed by atoms with Crippen LogP contribution in [0.4, 0.5) is 0 Å². The van der Waals surface area contributed by atoms with E-state index in [-0.39, 0.29) is 12.2 Å². The minimum Gasteiger partial charge on any atom is -0.369 e. The molecule has 62 valence electrons. The van der Waals surface area contributed by atoms with Crippen molar-refractivity contribution in [2.75, 3.05) is 0 Å². The molecule has 1 aliphatic heterocycles. The van der Waals surface area contributed by atoms with Crippen LogP contribution in [0.3, 0.4) is 0 Å². The Morgan fingerprint density at radius 3 is 2.83 bits per heavy atom. The topological polar surface area (TPSA) is 56.8 Å². The van der Waals surface area contributed by atoms with Crippen molar-refractivity contribution in [3.63, 3.8) is 0 Å². The highest BCUT2D eigenvalue weighted by Crippen LogP contribution is 2.25. The van der Waals surface area contributed by atoms with Gasteiger partial charge in [0.05, 0.1) is 36.3 Å². The van der Waals surface area contributed by atoms with Crippen LogP contribution in [-0.4, -0.2) is 12.2 Å². The van der Waals surface area contributed by atoms with Crippen molar-refractivity contribution in [3.05, 3.63) is 12.2 Å². The van der Waals surface area contributed by atoms with Crippen LogP contribution >= 0.6 is 0 Å².